The Morgan fingerprint density at radius 2 is 1.25 bits per heavy atom. The van der Waals surface area contributed by atoms with Crippen molar-refractivity contribution in [1.29, 1.82) is 0 Å². The molecule has 0 saturated carbocycles. The molecule has 0 aromatic carbocycles. The van der Waals surface area contributed by atoms with Gasteiger partial charge in [0, 0.05) is 19.5 Å². The predicted octanol–water partition coefficient (Wildman–Crippen LogP) is 6.61. The highest BCUT2D eigenvalue weighted by atomic mass is 31.2. The maximum Gasteiger partial charge on any atom is 0.332 e. The highest BCUT2D eigenvalue weighted by Crippen LogP contribution is 2.39. The Bertz CT molecular complexity index is 360. The molecule has 1 aliphatic heterocycles. The van der Waals surface area contributed by atoms with Crippen LogP contribution in [0.25, 0.3) is 0 Å². The lowest BCUT2D eigenvalue weighted by Gasteiger charge is -2.27. The van der Waals surface area contributed by atoms with Crippen LogP contribution in [0, 0.1) is 0 Å². The van der Waals surface area contributed by atoms with Crippen molar-refractivity contribution in [2.24, 2.45) is 0 Å². The van der Waals surface area contributed by atoms with Gasteiger partial charge in [0.1, 0.15) is 0 Å². The lowest BCUT2D eigenvalue weighted by Crippen LogP contribution is -2.37. The number of unbranched alkanes of at least 4 members (excludes halogenated alkanes) is 12. The van der Waals surface area contributed by atoms with E-state index in [-0.39, 0.29) is 5.91 Å². The van der Waals surface area contributed by atoms with Crippen molar-refractivity contribution in [2.75, 3.05) is 32.9 Å². The average Bonchev–Trinajstić information content (AvgIpc) is 2.67. The number of hydrogen-bond acceptors (Lipinski definition) is 4. The second kappa shape index (κ2) is 18.8. The molecule has 1 amide bonds. The Morgan fingerprint density at radius 3 is 1.71 bits per heavy atom. The largest absolute Gasteiger partial charge is 0.338 e. The van der Waals surface area contributed by atoms with Gasteiger partial charge in [0.15, 0.2) is 0 Å². The van der Waals surface area contributed by atoms with Crippen LogP contribution < -0.4 is 0 Å². The number of carbonyl (C=O) groups excluding carboxylic acids is 1. The summed E-state index contributed by atoms with van der Waals surface area (Å²) in [6, 6.07) is 0. The minimum absolute atomic E-state index is 0.234. The third-order valence-electron chi connectivity index (χ3n) is 5.20. The molecule has 0 aromatic heterocycles. The maximum absolute atomic E-state index is 12.4. The van der Waals surface area contributed by atoms with Gasteiger partial charge >= 0.3 is 8.60 Å². The molecule has 1 aliphatic rings. The number of nitrogens with zero attached hydrogens (tertiary/aromatic N) is 1. The summed E-state index contributed by atoms with van der Waals surface area (Å²) in [6.07, 6.45) is 17.9. The van der Waals surface area contributed by atoms with Crippen LogP contribution in [0.1, 0.15) is 104 Å². The Hall–Kier alpha value is -0.220. The monoisotopic (exact) mass is 417 g/mol. The van der Waals surface area contributed by atoms with Gasteiger partial charge in [-0.25, -0.2) is 0 Å². The van der Waals surface area contributed by atoms with Gasteiger partial charge in [0.2, 0.25) is 5.91 Å². The minimum Gasteiger partial charge on any atom is -0.338 e. The molecule has 1 heterocycles. The Labute approximate surface area is 174 Å². The van der Waals surface area contributed by atoms with Gasteiger partial charge in [-0.3, -0.25) is 4.79 Å². The van der Waals surface area contributed by atoms with E-state index in [1.165, 1.54) is 77.0 Å². The second-order valence-corrected chi connectivity index (χ2v) is 8.90. The van der Waals surface area contributed by atoms with Crippen molar-refractivity contribution in [3.05, 3.63) is 0 Å². The van der Waals surface area contributed by atoms with Gasteiger partial charge in [-0.15, -0.1) is 0 Å². The average molecular weight is 418 g/mol. The zero-order valence-corrected chi connectivity index (χ0v) is 19.4. The minimum atomic E-state index is -1.22. The maximum atomic E-state index is 12.4. The Morgan fingerprint density at radius 1 is 0.786 bits per heavy atom. The number of amides is 1. The number of rotatable bonds is 16. The van der Waals surface area contributed by atoms with Gasteiger partial charge in [-0.2, -0.15) is 0 Å². The quantitative estimate of drug-likeness (QED) is 0.209. The van der Waals surface area contributed by atoms with Crippen molar-refractivity contribution >= 4 is 14.5 Å². The van der Waals surface area contributed by atoms with Gasteiger partial charge < -0.3 is 18.5 Å². The summed E-state index contributed by atoms with van der Waals surface area (Å²) in [6.45, 7) is 7.08. The normalized spacial score (nSPS) is 16.1. The topological polar surface area (TPSA) is 48.0 Å². The zero-order valence-electron chi connectivity index (χ0n) is 18.5. The third-order valence-corrected chi connectivity index (χ3v) is 6.45. The molecule has 1 fully saturated rings. The molecular formula is C22H44NO4P. The molecule has 0 atom stereocenters. The number of hydrogen-bond donors (Lipinski definition) is 0. The summed E-state index contributed by atoms with van der Waals surface area (Å²) in [5, 5.41) is 0. The smallest absolute Gasteiger partial charge is 0.332 e. The lowest BCUT2D eigenvalue weighted by atomic mass is 10.0. The first kappa shape index (κ1) is 25.8. The van der Waals surface area contributed by atoms with E-state index in [1.54, 1.807) is 0 Å². The first-order chi connectivity index (χ1) is 13.8. The van der Waals surface area contributed by atoms with Crippen molar-refractivity contribution in [1.82, 2.24) is 4.90 Å². The summed E-state index contributed by atoms with van der Waals surface area (Å²) >= 11 is 0. The van der Waals surface area contributed by atoms with Crippen LogP contribution in [0.5, 0.6) is 0 Å². The first-order valence-electron chi connectivity index (χ1n) is 11.7. The summed E-state index contributed by atoms with van der Waals surface area (Å²) in [5.41, 5.74) is 0. The van der Waals surface area contributed by atoms with Gasteiger partial charge in [0.05, 0.1) is 19.8 Å². The highest BCUT2D eigenvalue weighted by molar-refractivity contribution is 7.41. The van der Waals surface area contributed by atoms with E-state index in [4.69, 9.17) is 13.6 Å². The molecule has 0 aromatic rings. The summed E-state index contributed by atoms with van der Waals surface area (Å²) in [7, 11) is -1.22. The van der Waals surface area contributed by atoms with Crippen molar-refractivity contribution in [2.45, 2.75) is 104 Å². The second-order valence-electron chi connectivity index (χ2n) is 7.68. The molecule has 0 aliphatic carbocycles. The zero-order chi connectivity index (χ0) is 20.3. The standard InChI is InChI=1S/C22H44NO4P/c1-3-5-6-7-8-9-10-11-12-13-14-15-16-17-22(24)23-18-20-26-28(25-4-2)27-21-19-23/h3-21H2,1-2H3. The van der Waals surface area contributed by atoms with E-state index in [1.807, 2.05) is 11.8 Å². The van der Waals surface area contributed by atoms with Gasteiger partial charge in [-0.05, 0) is 13.3 Å². The molecule has 28 heavy (non-hydrogen) atoms. The van der Waals surface area contributed by atoms with Crippen LogP contribution >= 0.6 is 8.60 Å². The molecule has 1 saturated heterocycles. The van der Waals surface area contributed by atoms with Crippen molar-refractivity contribution in [3.8, 4) is 0 Å². The molecule has 5 nitrogen and oxygen atoms in total. The fraction of sp³-hybridized carbons (Fsp3) is 0.955. The van der Waals surface area contributed by atoms with E-state index in [0.717, 1.165) is 6.42 Å². The summed E-state index contributed by atoms with van der Waals surface area (Å²) < 4.78 is 16.5. The SMILES string of the molecule is CCCCCCCCCCCCCCCC(=O)N1CCOP(OCC)OCC1. The van der Waals surface area contributed by atoms with Crippen LogP contribution in [0.2, 0.25) is 0 Å². The van der Waals surface area contributed by atoms with Crippen LogP contribution in [-0.2, 0) is 18.4 Å². The fourth-order valence-electron chi connectivity index (χ4n) is 3.48. The molecule has 1 rings (SSSR count). The Balaban J connectivity index is 1.91. The van der Waals surface area contributed by atoms with Crippen LogP contribution in [-0.4, -0.2) is 43.7 Å². The molecule has 0 radical (unpaired) electrons. The van der Waals surface area contributed by atoms with Crippen molar-refractivity contribution < 1.29 is 18.4 Å². The van der Waals surface area contributed by atoms with E-state index < -0.39 is 8.60 Å². The summed E-state index contributed by atoms with van der Waals surface area (Å²) in [4.78, 5) is 14.2. The molecule has 0 spiro atoms. The molecule has 0 bridgehead atoms. The predicted molar refractivity (Wildman–Crippen MR) is 117 cm³/mol. The third kappa shape index (κ3) is 13.9. The van der Waals surface area contributed by atoms with E-state index in [9.17, 15) is 4.79 Å². The Kier molecular flexibility index (Phi) is 17.3. The fourth-order valence-corrected chi connectivity index (χ4v) is 4.38. The van der Waals surface area contributed by atoms with E-state index in [2.05, 4.69) is 6.92 Å². The lowest BCUT2D eigenvalue weighted by molar-refractivity contribution is -0.132. The van der Waals surface area contributed by atoms with E-state index >= 15 is 0 Å². The van der Waals surface area contributed by atoms with Crippen LogP contribution in [0.4, 0.5) is 0 Å². The highest BCUT2D eigenvalue weighted by Gasteiger charge is 2.20. The number of carbonyl (C=O) groups is 1. The first-order valence-corrected chi connectivity index (χ1v) is 12.8. The van der Waals surface area contributed by atoms with Gasteiger partial charge in [0.25, 0.3) is 0 Å². The molecule has 6 heteroatoms. The van der Waals surface area contributed by atoms with Crippen molar-refractivity contribution in [3.63, 3.8) is 0 Å². The molecule has 0 unspecified atom stereocenters. The van der Waals surface area contributed by atoms with Crippen LogP contribution in [0.15, 0.2) is 0 Å². The van der Waals surface area contributed by atoms with Crippen LogP contribution in [0.3, 0.4) is 0 Å². The van der Waals surface area contributed by atoms with Gasteiger partial charge in [-0.1, -0.05) is 84.0 Å². The summed E-state index contributed by atoms with van der Waals surface area (Å²) in [5.74, 6) is 0.234. The van der Waals surface area contributed by atoms with E-state index in [0.29, 0.717) is 39.3 Å². The molecule has 0 N–H and O–H groups in total. The molecule has 166 valence electrons. The molecular weight excluding hydrogens is 373 g/mol.